The summed E-state index contributed by atoms with van der Waals surface area (Å²) in [5, 5.41) is 10.7. The predicted octanol–water partition coefficient (Wildman–Crippen LogP) is 3.01. The molecular formula is C19H19F2NO3. The second kappa shape index (κ2) is 7.19. The molecule has 0 spiro atoms. The van der Waals surface area contributed by atoms with Crippen LogP contribution in [0.3, 0.4) is 0 Å². The number of benzene rings is 2. The summed E-state index contributed by atoms with van der Waals surface area (Å²) in [6, 6.07) is 10.9. The van der Waals surface area contributed by atoms with Crippen LogP contribution in [-0.4, -0.2) is 41.2 Å². The van der Waals surface area contributed by atoms with Crippen molar-refractivity contribution in [3.05, 3.63) is 65.7 Å². The number of hydrogen-bond acceptors (Lipinski definition) is 3. The predicted molar refractivity (Wildman–Crippen MR) is 88.4 cm³/mol. The first kappa shape index (κ1) is 17.4. The Morgan fingerprint density at radius 1 is 1.08 bits per heavy atom. The minimum absolute atomic E-state index is 0.00578. The fraction of sp³-hybridized carbons (Fsp3) is 0.316. The molecule has 1 saturated heterocycles. The van der Waals surface area contributed by atoms with Crippen molar-refractivity contribution in [3.63, 3.8) is 0 Å². The maximum atomic E-state index is 13.0. The number of piperidine rings is 1. The monoisotopic (exact) mass is 347 g/mol. The molecule has 2 aromatic rings. The fourth-order valence-corrected chi connectivity index (χ4v) is 2.93. The summed E-state index contributed by atoms with van der Waals surface area (Å²) in [5.74, 6) is -0.559. The van der Waals surface area contributed by atoms with Crippen LogP contribution in [0.4, 0.5) is 8.78 Å². The molecule has 132 valence electrons. The second-order valence-corrected chi connectivity index (χ2v) is 6.30. The lowest BCUT2D eigenvalue weighted by Gasteiger charge is -2.39. The molecule has 1 N–H and O–H groups in total. The molecule has 2 aromatic carbocycles. The normalized spacial score (nSPS) is 20.4. The molecule has 6 heteroatoms. The van der Waals surface area contributed by atoms with Crippen molar-refractivity contribution in [2.75, 3.05) is 19.7 Å². The number of likely N-dealkylation sites (tertiary alicyclic amines) is 1. The minimum Gasteiger partial charge on any atom is -0.491 e. The molecule has 0 aliphatic carbocycles. The Bertz CT molecular complexity index is 733. The van der Waals surface area contributed by atoms with Crippen molar-refractivity contribution in [2.24, 2.45) is 0 Å². The maximum absolute atomic E-state index is 13.0. The maximum Gasteiger partial charge on any atom is 0.253 e. The van der Waals surface area contributed by atoms with E-state index in [-0.39, 0.29) is 24.9 Å². The van der Waals surface area contributed by atoms with E-state index in [1.165, 1.54) is 48.5 Å². The molecule has 0 radical (unpaired) electrons. The number of nitrogens with zero attached hydrogens (tertiary/aromatic N) is 1. The fourth-order valence-electron chi connectivity index (χ4n) is 2.93. The third kappa shape index (κ3) is 4.33. The van der Waals surface area contributed by atoms with Crippen LogP contribution < -0.4 is 4.74 Å². The van der Waals surface area contributed by atoms with Gasteiger partial charge in [-0.15, -0.1) is 0 Å². The van der Waals surface area contributed by atoms with Gasteiger partial charge in [-0.25, -0.2) is 8.78 Å². The molecule has 25 heavy (non-hydrogen) atoms. The number of amides is 1. The van der Waals surface area contributed by atoms with Crippen LogP contribution in [-0.2, 0) is 0 Å². The van der Waals surface area contributed by atoms with E-state index < -0.39 is 11.4 Å². The van der Waals surface area contributed by atoms with E-state index in [1.54, 1.807) is 4.90 Å². The van der Waals surface area contributed by atoms with Gasteiger partial charge in [0.2, 0.25) is 0 Å². The van der Waals surface area contributed by atoms with Crippen molar-refractivity contribution < 1.29 is 23.4 Å². The highest BCUT2D eigenvalue weighted by Gasteiger charge is 2.36. The zero-order valence-electron chi connectivity index (χ0n) is 13.6. The first-order valence-corrected chi connectivity index (χ1v) is 8.11. The van der Waals surface area contributed by atoms with E-state index in [0.717, 1.165) is 0 Å². The van der Waals surface area contributed by atoms with E-state index in [4.69, 9.17) is 4.74 Å². The Morgan fingerprint density at radius 2 is 1.68 bits per heavy atom. The largest absolute Gasteiger partial charge is 0.491 e. The SMILES string of the molecule is O=C(c1ccc(F)cc1)N1CCCC(O)(COc2ccc(F)cc2)C1. The number of aliphatic hydroxyl groups is 1. The lowest BCUT2D eigenvalue weighted by atomic mass is 9.93. The summed E-state index contributed by atoms with van der Waals surface area (Å²) in [5.41, 5.74) is -0.799. The quantitative estimate of drug-likeness (QED) is 0.925. The van der Waals surface area contributed by atoms with E-state index in [2.05, 4.69) is 0 Å². The van der Waals surface area contributed by atoms with Crippen molar-refractivity contribution in [3.8, 4) is 5.75 Å². The summed E-state index contributed by atoms with van der Waals surface area (Å²) in [4.78, 5) is 14.1. The lowest BCUT2D eigenvalue weighted by Crippen LogP contribution is -2.53. The molecule has 4 nitrogen and oxygen atoms in total. The van der Waals surface area contributed by atoms with Gasteiger partial charge in [-0.1, -0.05) is 0 Å². The smallest absolute Gasteiger partial charge is 0.253 e. The Balaban J connectivity index is 1.63. The van der Waals surface area contributed by atoms with Crippen LogP contribution in [0, 0.1) is 11.6 Å². The number of rotatable bonds is 4. The molecule has 1 aliphatic rings. The summed E-state index contributed by atoms with van der Waals surface area (Å²) in [6.07, 6.45) is 1.14. The molecule has 1 fully saturated rings. The van der Waals surface area contributed by atoms with Gasteiger partial charge in [0.25, 0.3) is 5.91 Å². The third-order valence-corrected chi connectivity index (χ3v) is 4.25. The zero-order valence-corrected chi connectivity index (χ0v) is 13.6. The van der Waals surface area contributed by atoms with Crippen molar-refractivity contribution in [1.82, 2.24) is 4.90 Å². The molecule has 1 unspecified atom stereocenters. The first-order chi connectivity index (χ1) is 12.0. The second-order valence-electron chi connectivity index (χ2n) is 6.30. The zero-order chi connectivity index (χ0) is 17.9. The topological polar surface area (TPSA) is 49.8 Å². The van der Waals surface area contributed by atoms with Gasteiger partial charge in [0.05, 0.1) is 6.54 Å². The summed E-state index contributed by atoms with van der Waals surface area (Å²) >= 11 is 0. The van der Waals surface area contributed by atoms with E-state index in [1.807, 2.05) is 0 Å². The highest BCUT2D eigenvalue weighted by molar-refractivity contribution is 5.94. The van der Waals surface area contributed by atoms with Gasteiger partial charge >= 0.3 is 0 Å². The van der Waals surface area contributed by atoms with Gasteiger partial charge in [0.15, 0.2) is 0 Å². The van der Waals surface area contributed by atoms with E-state index in [0.29, 0.717) is 30.7 Å². The number of hydrogen-bond donors (Lipinski definition) is 1. The molecule has 3 rings (SSSR count). The average molecular weight is 347 g/mol. The van der Waals surface area contributed by atoms with Gasteiger partial charge in [0, 0.05) is 12.1 Å². The Kier molecular flexibility index (Phi) is 4.99. The summed E-state index contributed by atoms with van der Waals surface area (Å²) in [7, 11) is 0. The standard InChI is InChI=1S/C19H19F2NO3/c20-15-4-2-14(3-5-15)18(23)22-11-1-10-19(24,12-22)13-25-17-8-6-16(21)7-9-17/h2-9,24H,1,10-13H2. The van der Waals surface area contributed by atoms with E-state index >= 15 is 0 Å². The number of carbonyl (C=O) groups is 1. The third-order valence-electron chi connectivity index (χ3n) is 4.25. The Hall–Kier alpha value is -2.47. The molecule has 1 atom stereocenters. The molecule has 0 saturated carbocycles. The van der Waals surface area contributed by atoms with Crippen LogP contribution in [0.2, 0.25) is 0 Å². The molecule has 1 aliphatic heterocycles. The molecule has 0 bridgehead atoms. The summed E-state index contributed by atoms with van der Waals surface area (Å²) in [6.45, 7) is 0.658. The molecule has 1 amide bonds. The summed E-state index contributed by atoms with van der Waals surface area (Å²) < 4.78 is 31.5. The Morgan fingerprint density at radius 3 is 2.32 bits per heavy atom. The number of β-amino-alcohol motifs (C(OH)–C–C–N with tert-alkyl or cyclic N) is 1. The van der Waals surface area contributed by atoms with Crippen LogP contribution >= 0.6 is 0 Å². The average Bonchev–Trinajstić information content (AvgIpc) is 2.61. The molecule has 0 aromatic heterocycles. The highest BCUT2D eigenvalue weighted by Crippen LogP contribution is 2.24. The lowest BCUT2D eigenvalue weighted by molar-refractivity contribution is -0.0532. The van der Waals surface area contributed by atoms with Gasteiger partial charge < -0.3 is 14.7 Å². The first-order valence-electron chi connectivity index (χ1n) is 8.11. The van der Waals surface area contributed by atoms with Crippen LogP contribution in [0.5, 0.6) is 5.75 Å². The molecular weight excluding hydrogens is 328 g/mol. The number of halogens is 2. The minimum atomic E-state index is -1.18. The van der Waals surface area contributed by atoms with Crippen molar-refractivity contribution in [1.29, 1.82) is 0 Å². The highest BCUT2D eigenvalue weighted by atomic mass is 19.1. The Labute approximate surface area is 144 Å². The van der Waals surface area contributed by atoms with Crippen LogP contribution in [0.1, 0.15) is 23.2 Å². The van der Waals surface area contributed by atoms with Gasteiger partial charge in [-0.2, -0.15) is 0 Å². The van der Waals surface area contributed by atoms with Crippen molar-refractivity contribution >= 4 is 5.91 Å². The number of ether oxygens (including phenoxy) is 1. The van der Waals surface area contributed by atoms with Gasteiger partial charge in [-0.05, 0) is 61.4 Å². The van der Waals surface area contributed by atoms with Gasteiger partial charge in [-0.3, -0.25) is 4.79 Å². The molecule has 1 heterocycles. The van der Waals surface area contributed by atoms with Crippen molar-refractivity contribution in [2.45, 2.75) is 18.4 Å². The van der Waals surface area contributed by atoms with E-state index in [9.17, 15) is 18.7 Å². The van der Waals surface area contributed by atoms with Crippen LogP contribution in [0.15, 0.2) is 48.5 Å². The van der Waals surface area contributed by atoms with Gasteiger partial charge in [0.1, 0.15) is 29.6 Å². The van der Waals surface area contributed by atoms with Crippen LogP contribution in [0.25, 0.3) is 0 Å². The number of carbonyl (C=O) groups excluding carboxylic acids is 1.